The third-order valence-corrected chi connectivity index (χ3v) is 16.3. The molecule has 0 unspecified atom stereocenters. The number of thioether (sulfide) groups is 2. The summed E-state index contributed by atoms with van der Waals surface area (Å²) in [5.74, 6) is -6.47. The van der Waals surface area contributed by atoms with Gasteiger partial charge in [0.15, 0.2) is 0 Å². The predicted octanol–water partition coefficient (Wildman–Crippen LogP) is 8.59. The molecule has 2 aliphatic carbocycles. The van der Waals surface area contributed by atoms with Crippen LogP contribution in [0.1, 0.15) is 107 Å². The molecule has 85 heavy (non-hydrogen) atoms. The highest BCUT2D eigenvalue weighted by Crippen LogP contribution is 2.60. The number of nitrogens with zero attached hydrogens (tertiary/aromatic N) is 2. The highest BCUT2D eigenvalue weighted by Gasteiger charge is 2.37. The molecule has 0 N–H and O–H groups in total. The van der Waals surface area contributed by atoms with Gasteiger partial charge in [-0.1, -0.05) is 61.3 Å². The molecule has 0 aromatic heterocycles. The van der Waals surface area contributed by atoms with E-state index in [1.165, 1.54) is 0 Å². The minimum atomic E-state index is -0.644. The molecule has 2 fully saturated rings. The molecule has 3 aromatic rings. The van der Waals surface area contributed by atoms with Crippen molar-refractivity contribution >= 4 is 83.2 Å². The Labute approximate surface area is 499 Å². The molecule has 0 atom stereocenters. The first-order chi connectivity index (χ1) is 41.0. The molecule has 3 aromatic carbocycles. The summed E-state index contributed by atoms with van der Waals surface area (Å²) in [5, 5.41) is 19.5. The van der Waals surface area contributed by atoms with E-state index in [1.54, 1.807) is 68.4 Å². The Hall–Kier alpha value is -8.48. The van der Waals surface area contributed by atoms with Crippen LogP contribution in [0.4, 0.5) is 0 Å². The second-order valence-electron chi connectivity index (χ2n) is 19.7. The average Bonchev–Trinajstić information content (AvgIpc) is 3.68. The third-order valence-electron chi connectivity index (χ3n) is 13.7. The van der Waals surface area contributed by atoms with Gasteiger partial charge in [-0.05, 0) is 105 Å². The molecule has 1 aliphatic heterocycles. The smallest absolute Gasteiger partial charge is 0.330 e. The van der Waals surface area contributed by atoms with Gasteiger partial charge in [0.2, 0.25) is 0 Å². The summed E-state index contributed by atoms with van der Waals surface area (Å²) in [5.41, 5.74) is 1.91. The second kappa shape index (κ2) is 33.7. The first-order valence-electron chi connectivity index (χ1n) is 27.7. The van der Waals surface area contributed by atoms with Crippen molar-refractivity contribution in [2.75, 3.05) is 39.6 Å². The van der Waals surface area contributed by atoms with Gasteiger partial charge in [-0.2, -0.15) is 10.5 Å². The Bertz CT molecular complexity index is 3060. The summed E-state index contributed by atoms with van der Waals surface area (Å²) in [6.07, 6.45) is 4.00. The molecule has 22 nitrogen and oxygen atoms in total. The molecule has 6 rings (SSSR count). The zero-order chi connectivity index (χ0) is 61.3. The standard InChI is InChI=1S/C61H64N2O20S2/c1-4-48(64)76-30-32-78-52(68)24-22-50(66)74-28-26-38-6-18-45(19-7-38)80-57(70)40-10-14-42(15-11-40)59(72)82-47-34-37(3)54(56-55(47)84-61(85-56)44(35-62)36-63)83-60(73)43-16-12-41(13-17-43)58(71)81-46-20-8-39(9-21-46)27-29-75-51(67)23-25-53(69)79-33-31-77-49(65)5-2/h4,6-9,18-21,34,40-43H,1,5,10-17,22-33H2,2-3H3. The molecular weight excluding hydrogens is 1140 g/mol. The van der Waals surface area contributed by atoms with Crippen LogP contribution in [-0.4, -0.2) is 99.3 Å². The largest absolute Gasteiger partial charge is 0.465 e. The monoisotopic (exact) mass is 1210 g/mol. The van der Waals surface area contributed by atoms with Gasteiger partial charge in [0.05, 0.1) is 76.6 Å². The van der Waals surface area contributed by atoms with Crippen molar-refractivity contribution in [2.45, 2.75) is 120 Å². The lowest BCUT2D eigenvalue weighted by Gasteiger charge is -2.27. The maximum absolute atomic E-state index is 13.8. The SMILES string of the molecule is C=CC(=O)OCCOC(=O)CCC(=O)OCCc1ccc(OC(=O)C2CCC(C(=O)Oc3cc(C)c(OC(=O)C4CCC(C(=O)Oc5ccc(CCOC(=O)CCC(=O)OCCOC(=O)CC)cc5)CC4)c4c3SC(=C(C#N)C#N)S4)CC2)cc1. The first-order valence-corrected chi connectivity index (χ1v) is 29.3. The van der Waals surface area contributed by atoms with E-state index in [0.29, 0.717) is 95.3 Å². The van der Waals surface area contributed by atoms with Crippen molar-refractivity contribution in [3.8, 4) is 35.1 Å². The topological polar surface area (TPSA) is 311 Å². The Morgan fingerprint density at radius 1 is 0.506 bits per heavy atom. The Kier molecular flexibility index (Phi) is 26.1. The van der Waals surface area contributed by atoms with E-state index in [2.05, 4.69) is 6.58 Å². The number of esters is 10. The van der Waals surface area contributed by atoms with E-state index in [1.807, 2.05) is 12.1 Å². The molecule has 24 heteroatoms. The van der Waals surface area contributed by atoms with Crippen LogP contribution < -0.4 is 18.9 Å². The number of ether oxygens (including phenoxy) is 10. The normalized spacial score (nSPS) is 16.7. The molecule has 3 aliphatic rings. The molecule has 0 bridgehead atoms. The van der Waals surface area contributed by atoms with Crippen molar-refractivity contribution in [3.05, 3.63) is 93.8 Å². The molecule has 0 saturated heterocycles. The van der Waals surface area contributed by atoms with Gasteiger partial charge in [0.25, 0.3) is 0 Å². The summed E-state index contributed by atoms with van der Waals surface area (Å²) in [6, 6.07) is 18.8. The summed E-state index contributed by atoms with van der Waals surface area (Å²) in [6.45, 7) is 6.26. The van der Waals surface area contributed by atoms with Crippen LogP contribution in [-0.2, 0) is 89.2 Å². The maximum Gasteiger partial charge on any atom is 0.330 e. The number of nitriles is 2. The van der Waals surface area contributed by atoms with Crippen LogP contribution in [0.5, 0.6) is 23.0 Å². The summed E-state index contributed by atoms with van der Waals surface area (Å²) < 4.78 is 53.5. The van der Waals surface area contributed by atoms with Gasteiger partial charge in [-0.15, -0.1) is 0 Å². The van der Waals surface area contributed by atoms with Crippen LogP contribution in [0.25, 0.3) is 0 Å². The minimum absolute atomic E-state index is 0.0517. The van der Waals surface area contributed by atoms with E-state index < -0.39 is 83.4 Å². The summed E-state index contributed by atoms with van der Waals surface area (Å²) in [7, 11) is 0. The number of carbonyl (C=O) groups is 10. The fourth-order valence-corrected chi connectivity index (χ4v) is 11.5. The number of rotatable bonds is 28. The van der Waals surface area contributed by atoms with E-state index in [4.69, 9.17) is 47.4 Å². The Morgan fingerprint density at radius 3 is 1.27 bits per heavy atom. The van der Waals surface area contributed by atoms with Crippen LogP contribution in [0.2, 0.25) is 0 Å². The van der Waals surface area contributed by atoms with Gasteiger partial charge in [-0.3, -0.25) is 43.2 Å². The predicted molar refractivity (Wildman–Crippen MR) is 300 cm³/mol. The number of hydrogen-bond donors (Lipinski definition) is 0. The number of allylic oxidation sites excluding steroid dienone is 1. The zero-order valence-electron chi connectivity index (χ0n) is 47.0. The highest BCUT2D eigenvalue weighted by molar-refractivity contribution is 8.24. The quantitative estimate of drug-likeness (QED) is 0.0164. The van der Waals surface area contributed by atoms with E-state index in [9.17, 15) is 58.5 Å². The van der Waals surface area contributed by atoms with Gasteiger partial charge < -0.3 is 47.4 Å². The number of carbonyl (C=O) groups excluding carboxylic acids is 10. The number of hydrogen-bond acceptors (Lipinski definition) is 24. The zero-order valence-corrected chi connectivity index (χ0v) is 48.6. The van der Waals surface area contributed by atoms with Gasteiger partial charge in [0, 0.05) is 25.3 Å². The molecule has 450 valence electrons. The molecule has 0 spiro atoms. The van der Waals surface area contributed by atoms with Crippen LogP contribution >= 0.6 is 23.5 Å². The lowest BCUT2D eigenvalue weighted by atomic mass is 9.82. The van der Waals surface area contributed by atoms with Gasteiger partial charge in [-0.25, -0.2) is 4.79 Å². The van der Waals surface area contributed by atoms with Crippen LogP contribution in [0.15, 0.2) is 86.9 Å². The summed E-state index contributed by atoms with van der Waals surface area (Å²) in [4.78, 5) is 125. The Balaban J connectivity index is 0.916. The van der Waals surface area contributed by atoms with Crippen molar-refractivity contribution < 1.29 is 95.3 Å². The molecule has 0 radical (unpaired) electrons. The van der Waals surface area contributed by atoms with E-state index in [0.717, 1.165) is 40.7 Å². The minimum Gasteiger partial charge on any atom is -0.465 e. The summed E-state index contributed by atoms with van der Waals surface area (Å²) >= 11 is 2.12. The molecular formula is C61H64N2O20S2. The lowest BCUT2D eigenvalue weighted by molar-refractivity contribution is -0.154. The molecule has 1 heterocycles. The van der Waals surface area contributed by atoms with Gasteiger partial charge in [0.1, 0.15) is 67.1 Å². The Morgan fingerprint density at radius 2 is 0.871 bits per heavy atom. The van der Waals surface area contributed by atoms with Crippen molar-refractivity contribution in [1.29, 1.82) is 10.5 Å². The first kappa shape index (κ1) is 65.7. The second-order valence-corrected chi connectivity index (χ2v) is 22.0. The fraction of sp³-hybridized carbons (Fsp3) is 0.443. The van der Waals surface area contributed by atoms with Crippen LogP contribution in [0, 0.1) is 53.3 Å². The number of benzene rings is 3. The van der Waals surface area contributed by atoms with Crippen molar-refractivity contribution in [1.82, 2.24) is 0 Å². The molecule has 2 saturated carbocycles. The number of fused-ring (bicyclic) bond motifs is 1. The van der Waals surface area contributed by atoms with Crippen molar-refractivity contribution in [3.63, 3.8) is 0 Å². The molecule has 0 amide bonds. The van der Waals surface area contributed by atoms with E-state index in [-0.39, 0.29) is 88.8 Å². The number of aryl methyl sites for hydroxylation is 1. The maximum atomic E-state index is 13.8. The van der Waals surface area contributed by atoms with Crippen molar-refractivity contribution in [2.24, 2.45) is 23.7 Å². The van der Waals surface area contributed by atoms with Gasteiger partial charge >= 0.3 is 59.7 Å². The third kappa shape index (κ3) is 21.0. The fourth-order valence-electron chi connectivity index (χ4n) is 8.92. The van der Waals surface area contributed by atoms with Crippen LogP contribution in [0.3, 0.4) is 0 Å². The highest BCUT2D eigenvalue weighted by atomic mass is 32.2. The lowest BCUT2D eigenvalue weighted by Crippen LogP contribution is -2.31. The average molecular weight is 1210 g/mol. The van der Waals surface area contributed by atoms with E-state index >= 15 is 0 Å².